The van der Waals surface area contributed by atoms with E-state index in [1.807, 2.05) is 6.08 Å². The van der Waals surface area contributed by atoms with Crippen LogP contribution in [0.15, 0.2) is 23.8 Å². The highest BCUT2D eigenvalue weighted by molar-refractivity contribution is 5.69. The quantitative estimate of drug-likeness (QED) is 0.266. The molecule has 0 spiro atoms. The Balaban J connectivity index is 3.94. The highest BCUT2D eigenvalue weighted by atomic mass is 16.5. The smallest absolute Gasteiger partial charge is 0.305 e. The largest absolute Gasteiger partial charge is 0.469 e. The maximum Gasteiger partial charge on any atom is 0.305 e. The fourth-order valence-corrected chi connectivity index (χ4v) is 2.29. The number of esters is 1. The molecule has 0 fully saturated rings. The second-order valence-corrected chi connectivity index (χ2v) is 5.77. The molecule has 0 rings (SSSR count). The molecular weight excluding hydrogens is 276 g/mol. The molecule has 0 aliphatic carbocycles. The van der Waals surface area contributed by atoms with Crippen LogP contribution in [-0.4, -0.2) is 26.3 Å². The Morgan fingerprint density at radius 1 is 1.05 bits per heavy atom. The van der Waals surface area contributed by atoms with Gasteiger partial charge in [0.15, 0.2) is 0 Å². The second kappa shape index (κ2) is 14.8. The zero-order valence-corrected chi connectivity index (χ0v) is 14.9. The number of methoxy groups -OCH3 is 2. The van der Waals surface area contributed by atoms with E-state index >= 15 is 0 Å². The lowest BCUT2D eigenvalue weighted by Gasteiger charge is -2.10. The normalized spacial score (nSPS) is 13.5. The van der Waals surface area contributed by atoms with E-state index in [2.05, 4.69) is 30.7 Å². The maximum atomic E-state index is 11.0. The fraction of sp³-hybridized carbons (Fsp3) is 0.737. The van der Waals surface area contributed by atoms with Crippen molar-refractivity contribution in [2.75, 3.05) is 14.2 Å². The first-order valence-corrected chi connectivity index (χ1v) is 8.55. The molecular formula is C19H34O3. The van der Waals surface area contributed by atoms with E-state index in [4.69, 9.17) is 4.74 Å². The van der Waals surface area contributed by atoms with Crippen molar-refractivity contribution in [3.8, 4) is 0 Å². The van der Waals surface area contributed by atoms with Crippen LogP contribution in [0.25, 0.3) is 0 Å². The van der Waals surface area contributed by atoms with Crippen LogP contribution in [0.4, 0.5) is 0 Å². The monoisotopic (exact) mass is 310 g/mol. The van der Waals surface area contributed by atoms with Gasteiger partial charge in [0.2, 0.25) is 0 Å². The molecule has 0 N–H and O–H groups in total. The van der Waals surface area contributed by atoms with Crippen molar-refractivity contribution >= 4 is 5.97 Å². The average molecular weight is 310 g/mol. The van der Waals surface area contributed by atoms with Gasteiger partial charge in [-0.05, 0) is 32.6 Å². The van der Waals surface area contributed by atoms with Crippen molar-refractivity contribution in [2.24, 2.45) is 0 Å². The van der Waals surface area contributed by atoms with Gasteiger partial charge in [-0.2, -0.15) is 0 Å². The lowest BCUT2D eigenvalue weighted by Crippen LogP contribution is -2.06. The van der Waals surface area contributed by atoms with Crippen LogP contribution in [0.3, 0.4) is 0 Å². The number of ether oxygens (including phenoxy) is 2. The maximum absolute atomic E-state index is 11.0. The Morgan fingerprint density at radius 3 is 2.41 bits per heavy atom. The molecule has 0 aromatic carbocycles. The van der Waals surface area contributed by atoms with Crippen LogP contribution >= 0.6 is 0 Å². The van der Waals surface area contributed by atoms with Crippen molar-refractivity contribution in [1.82, 2.24) is 0 Å². The number of hydrogen-bond donors (Lipinski definition) is 0. The first-order chi connectivity index (χ1) is 10.6. The van der Waals surface area contributed by atoms with Crippen LogP contribution in [0, 0.1) is 0 Å². The summed E-state index contributed by atoms with van der Waals surface area (Å²) in [5.74, 6) is -0.160. The van der Waals surface area contributed by atoms with E-state index in [0.717, 1.165) is 19.3 Å². The summed E-state index contributed by atoms with van der Waals surface area (Å²) < 4.78 is 10.1. The van der Waals surface area contributed by atoms with Gasteiger partial charge in [-0.3, -0.25) is 4.79 Å². The minimum absolute atomic E-state index is 0.130. The average Bonchev–Trinajstić information content (AvgIpc) is 2.52. The van der Waals surface area contributed by atoms with Crippen LogP contribution in [0.5, 0.6) is 0 Å². The second-order valence-electron chi connectivity index (χ2n) is 5.77. The number of allylic oxidation sites excluding steroid dienone is 2. The van der Waals surface area contributed by atoms with Crippen LogP contribution < -0.4 is 0 Å². The van der Waals surface area contributed by atoms with Crippen molar-refractivity contribution in [3.05, 3.63) is 23.8 Å². The fourth-order valence-electron chi connectivity index (χ4n) is 2.29. The minimum Gasteiger partial charge on any atom is -0.469 e. The Bertz CT molecular complexity index is 332. The summed E-state index contributed by atoms with van der Waals surface area (Å²) in [6, 6.07) is 0. The van der Waals surface area contributed by atoms with Crippen molar-refractivity contribution < 1.29 is 14.3 Å². The topological polar surface area (TPSA) is 35.5 Å². The zero-order chi connectivity index (χ0) is 16.6. The lowest BCUT2D eigenvalue weighted by molar-refractivity contribution is -0.140. The summed E-state index contributed by atoms with van der Waals surface area (Å²) >= 11 is 0. The van der Waals surface area contributed by atoms with Gasteiger partial charge in [0.25, 0.3) is 0 Å². The van der Waals surface area contributed by atoms with Gasteiger partial charge in [-0.25, -0.2) is 0 Å². The molecule has 0 saturated heterocycles. The first kappa shape index (κ1) is 20.9. The van der Waals surface area contributed by atoms with Crippen molar-refractivity contribution in [1.29, 1.82) is 0 Å². The Labute approximate surface area is 136 Å². The summed E-state index contributed by atoms with van der Waals surface area (Å²) in [4.78, 5) is 11.0. The first-order valence-electron chi connectivity index (χ1n) is 8.55. The van der Waals surface area contributed by atoms with Gasteiger partial charge in [0.1, 0.15) is 0 Å². The predicted molar refractivity (Wildman–Crippen MR) is 92.9 cm³/mol. The number of carbonyl (C=O) groups is 1. The molecule has 0 heterocycles. The summed E-state index contributed by atoms with van der Waals surface area (Å²) in [5, 5.41) is 0. The molecule has 0 aliphatic heterocycles. The molecule has 22 heavy (non-hydrogen) atoms. The highest BCUT2D eigenvalue weighted by Gasteiger charge is 2.02. The predicted octanol–water partition coefficient (Wildman–Crippen LogP) is 5.21. The molecule has 3 nitrogen and oxygen atoms in total. The Kier molecular flexibility index (Phi) is 14.1. The lowest BCUT2D eigenvalue weighted by atomic mass is 10.0. The van der Waals surface area contributed by atoms with E-state index in [1.54, 1.807) is 7.11 Å². The molecule has 0 amide bonds. The molecule has 0 bridgehead atoms. The third-order valence-electron chi connectivity index (χ3n) is 3.73. The van der Waals surface area contributed by atoms with Crippen LogP contribution in [0.2, 0.25) is 0 Å². The molecule has 1 atom stereocenters. The van der Waals surface area contributed by atoms with E-state index in [-0.39, 0.29) is 12.1 Å². The number of rotatable bonds is 13. The highest BCUT2D eigenvalue weighted by Crippen LogP contribution is 2.13. The van der Waals surface area contributed by atoms with Gasteiger partial charge in [-0.1, -0.05) is 56.4 Å². The van der Waals surface area contributed by atoms with Crippen molar-refractivity contribution in [2.45, 2.75) is 77.7 Å². The van der Waals surface area contributed by atoms with Gasteiger partial charge < -0.3 is 9.47 Å². The summed E-state index contributed by atoms with van der Waals surface area (Å²) in [5.41, 5.74) is 1.41. The Morgan fingerprint density at radius 2 is 1.77 bits per heavy atom. The number of unbranched alkanes of at least 4 members (excludes halogenated alkanes) is 4. The minimum atomic E-state index is -0.160. The van der Waals surface area contributed by atoms with E-state index in [1.165, 1.54) is 44.8 Å². The third-order valence-corrected chi connectivity index (χ3v) is 3.73. The van der Waals surface area contributed by atoms with Gasteiger partial charge in [0, 0.05) is 13.5 Å². The summed E-state index contributed by atoms with van der Waals surface area (Å²) in [6.45, 7) is 4.43. The molecule has 3 heteroatoms. The number of hydrogen-bond acceptors (Lipinski definition) is 3. The van der Waals surface area contributed by atoms with E-state index < -0.39 is 0 Å². The molecule has 0 aliphatic rings. The van der Waals surface area contributed by atoms with Gasteiger partial charge in [-0.15, -0.1) is 0 Å². The van der Waals surface area contributed by atoms with Crippen molar-refractivity contribution in [3.63, 3.8) is 0 Å². The van der Waals surface area contributed by atoms with E-state index in [9.17, 15) is 4.79 Å². The molecule has 0 saturated carbocycles. The molecule has 0 aromatic rings. The van der Waals surface area contributed by atoms with Crippen LogP contribution in [0.1, 0.15) is 71.6 Å². The standard InChI is InChI=1S/C19H34O3/c1-5-6-7-8-10-13-17(2)16-18(21-3)14-11-9-12-15-19(20)22-4/h9,11,16,18H,5-8,10,12-15H2,1-4H3/b11-9+,17-16+/t18-/m0/s1. The third kappa shape index (κ3) is 12.6. The van der Waals surface area contributed by atoms with Gasteiger partial charge in [0.05, 0.1) is 13.2 Å². The SMILES string of the molecule is CCCCCCC/C(C)=C/[C@H](C/C=C/CCC(=O)OC)OC. The summed E-state index contributed by atoms with van der Waals surface area (Å²) in [7, 11) is 3.17. The molecule has 0 radical (unpaired) electrons. The zero-order valence-electron chi connectivity index (χ0n) is 14.9. The number of carbonyl (C=O) groups excluding carboxylic acids is 1. The van der Waals surface area contributed by atoms with Gasteiger partial charge >= 0.3 is 5.97 Å². The Hall–Kier alpha value is -1.09. The molecule has 0 aromatic heterocycles. The van der Waals surface area contributed by atoms with E-state index in [0.29, 0.717) is 6.42 Å². The summed E-state index contributed by atoms with van der Waals surface area (Å²) in [6.07, 6.45) is 16.2. The van der Waals surface area contributed by atoms with Crippen LogP contribution in [-0.2, 0) is 14.3 Å². The molecule has 128 valence electrons. The molecule has 0 unspecified atom stereocenters.